The van der Waals surface area contributed by atoms with Gasteiger partial charge in [0.25, 0.3) is 0 Å². The van der Waals surface area contributed by atoms with Crippen molar-refractivity contribution in [2.75, 3.05) is 0 Å². The lowest BCUT2D eigenvalue weighted by Crippen LogP contribution is -1.88. The third-order valence-electron chi connectivity index (χ3n) is 3.20. The van der Waals surface area contributed by atoms with E-state index in [0.29, 0.717) is 0 Å². The molecule has 0 nitrogen and oxygen atoms in total. The van der Waals surface area contributed by atoms with E-state index >= 15 is 0 Å². The lowest BCUT2D eigenvalue weighted by Gasteiger charge is -2.10. The van der Waals surface area contributed by atoms with Crippen molar-refractivity contribution in [1.29, 1.82) is 0 Å². The van der Waals surface area contributed by atoms with Crippen molar-refractivity contribution < 1.29 is 0 Å². The minimum Gasteiger partial charge on any atom is -0.0841 e. The molecule has 0 fully saturated rings. The Morgan fingerprint density at radius 2 is 1.17 bits per heavy atom. The van der Waals surface area contributed by atoms with Gasteiger partial charge < -0.3 is 0 Å². The first-order valence-electron chi connectivity index (χ1n) is 5.76. The van der Waals surface area contributed by atoms with Crippen LogP contribution in [0.2, 0.25) is 0 Å². The van der Waals surface area contributed by atoms with Gasteiger partial charge in [0.2, 0.25) is 0 Å². The highest BCUT2D eigenvalue weighted by atomic mass is 33.1. The molecule has 18 heavy (non-hydrogen) atoms. The van der Waals surface area contributed by atoms with Crippen LogP contribution in [0.5, 0.6) is 0 Å². The summed E-state index contributed by atoms with van der Waals surface area (Å²) in [7, 11) is 7.77. The zero-order valence-electron chi connectivity index (χ0n) is 9.51. The van der Waals surface area contributed by atoms with Gasteiger partial charge in [-0.15, -0.1) is 0 Å². The molecule has 2 aromatic carbocycles. The number of hydrogen-bond acceptors (Lipinski definition) is 4. The van der Waals surface area contributed by atoms with Crippen molar-refractivity contribution >= 4 is 43.2 Å². The zero-order chi connectivity index (χ0) is 11.9. The molecule has 4 rings (SSSR count). The number of benzene rings is 2. The molecular weight excluding hydrogens is 296 g/mol. The largest absolute Gasteiger partial charge is 0.0841 e. The van der Waals surface area contributed by atoms with Gasteiger partial charge in [-0.2, -0.15) is 0 Å². The van der Waals surface area contributed by atoms with Crippen LogP contribution in [0.25, 0.3) is 11.1 Å². The number of hydrogen-bond donors (Lipinski definition) is 0. The molecule has 0 bridgehead atoms. The van der Waals surface area contributed by atoms with Crippen molar-refractivity contribution in [3.8, 4) is 11.1 Å². The third-order valence-corrected chi connectivity index (χ3v) is 8.00. The van der Waals surface area contributed by atoms with E-state index in [1.807, 2.05) is 43.2 Å². The summed E-state index contributed by atoms with van der Waals surface area (Å²) in [5.74, 6) is 2.29. The molecule has 0 radical (unpaired) electrons. The van der Waals surface area contributed by atoms with E-state index < -0.39 is 0 Å². The van der Waals surface area contributed by atoms with E-state index in [9.17, 15) is 0 Å². The number of fused-ring (bicyclic) bond motifs is 2. The first kappa shape index (κ1) is 11.6. The molecule has 2 heterocycles. The fourth-order valence-corrected chi connectivity index (χ4v) is 7.63. The molecule has 2 aliphatic heterocycles. The van der Waals surface area contributed by atoms with Crippen molar-refractivity contribution in [3.05, 3.63) is 47.5 Å². The van der Waals surface area contributed by atoms with E-state index in [-0.39, 0.29) is 0 Å². The fourth-order valence-electron chi connectivity index (χ4n) is 2.32. The summed E-state index contributed by atoms with van der Waals surface area (Å²) in [4.78, 5) is 2.96. The second-order valence-corrected chi connectivity index (χ2v) is 8.89. The van der Waals surface area contributed by atoms with Gasteiger partial charge in [0.05, 0.1) is 0 Å². The molecule has 0 unspecified atom stereocenters. The predicted molar refractivity (Wildman–Crippen MR) is 86.2 cm³/mol. The van der Waals surface area contributed by atoms with Crippen LogP contribution in [-0.4, -0.2) is 0 Å². The lowest BCUT2D eigenvalue weighted by atomic mass is 10.0. The highest BCUT2D eigenvalue weighted by Crippen LogP contribution is 2.53. The molecule has 90 valence electrons. The van der Waals surface area contributed by atoms with Gasteiger partial charge in [0.15, 0.2) is 0 Å². The Bertz CT molecular complexity index is 566. The molecule has 0 saturated carbocycles. The van der Waals surface area contributed by atoms with Crippen molar-refractivity contribution in [1.82, 2.24) is 0 Å². The third kappa shape index (κ3) is 1.82. The molecule has 0 N–H and O–H groups in total. The minimum atomic E-state index is 1.14. The highest BCUT2D eigenvalue weighted by Gasteiger charge is 2.22. The molecule has 2 aromatic rings. The van der Waals surface area contributed by atoms with Crippen LogP contribution in [0.15, 0.2) is 46.2 Å². The summed E-state index contributed by atoms with van der Waals surface area (Å²) in [6.45, 7) is 0. The highest BCUT2D eigenvalue weighted by molar-refractivity contribution is 8.77. The zero-order valence-corrected chi connectivity index (χ0v) is 12.8. The Kier molecular flexibility index (Phi) is 3.07. The second-order valence-electron chi connectivity index (χ2n) is 4.28. The van der Waals surface area contributed by atoms with E-state index in [4.69, 9.17) is 0 Å². The molecule has 4 heteroatoms. The summed E-state index contributed by atoms with van der Waals surface area (Å²) in [6, 6.07) is 13.5. The van der Waals surface area contributed by atoms with E-state index in [1.165, 1.54) is 32.0 Å². The second kappa shape index (κ2) is 4.75. The topological polar surface area (TPSA) is 0 Å². The summed E-state index contributed by atoms with van der Waals surface area (Å²) < 4.78 is 0. The molecule has 0 spiro atoms. The number of rotatable bonds is 1. The summed E-state index contributed by atoms with van der Waals surface area (Å²) in [6.07, 6.45) is 0. The van der Waals surface area contributed by atoms with Crippen molar-refractivity contribution in [3.63, 3.8) is 0 Å². The minimum absolute atomic E-state index is 1.14. The Morgan fingerprint density at radius 1 is 0.667 bits per heavy atom. The van der Waals surface area contributed by atoms with Gasteiger partial charge in [-0.1, -0.05) is 79.6 Å². The molecular formula is C14H10S4. The molecule has 0 aliphatic carbocycles. The van der Waals surface area contributed by atoms with Crippen LogP contribution in [0.1, 0.15) is 11.1 Å². The van der Waals surface area contributed by atoms with Gasteiger partial charge in [0.1, 0.15) is 0 Å². The summed E-state index contributed by atoms with van der Waals surface area (Å²) in [5, 5.41) is 0. The van der Waals surface area contributed by atoms with Crippen LogP contribution in [0.3, 0.4) is 0 Å². The van der Waals surface area contributed by atoms with Crippen LogP contribution in [-0.2, 0) is 11.5 Å². The fraction of sp³-hybridized carbons (Fsp3) is 0.143. The van der Waals surface area contributed by atoms with Gasteiger partial charge in [0, 0.05) is 21.3 Å². The Hall–Kier alpha value is -0.160. The van der Waals surface area contributed by atoms with Crippen LogP contribution >= 0.6 is 43.2 Å². The Balaban J connectivity index is 1.95. The smallest absolute Gasteiger partial charge is 0.0303 e. The Morgan fingerprint density at radius 3 is 1.67 bits per heavy atom. The normalized spacial score (nSPS) is 16.7. The first-order valence-corrected chi connectivity index (χ1v) is 10.4. The van der Waals surface area contributed by atoms with Crippen LogP contribution < -0.4 is 0 Å². The SMILES string of the molecule is c1cc2c(c(-c3cccc4c3SSC4)c1)SSC2. The van der Waals surface area contributed by atoms with E-state index in [0.717, 1.165) is 11.5 Å². The molecule has 0 aromatic heterocycles. The molecule has 0 saturated heterocycles. The lowest BCUT2D eigenvalue weighted by molar-refractivity contribution is 1.25. The summed E-state index contributed by atoms with van der Waals surface area (Å²) >= 11 is 0. The average molecular weight is 307 g/mol. The molecule has 0 atom stereocenters. The molecule has 2 aliphatic rings. The predicted octanol–water partition coefficient (Wildman–Crippen LogP) is 5.86. The Labute approximate surface area is 122 Å². The monoisotopic (exact) mass is 306 g/mol. The van der Waals surface area contributed by atoms with Gasteiger partial charge in [-0.25, -0.2) is 0 Å². The van der Waals surface area contributed by atoms with Gasteiger partial charge >= 0.3 is 0 Å². The van der Waals surface area contributed by atoms with Crippen LogP contribution in [0.4, 0.5) is 0 Å². The average Bonchev–Trinajstić information content (AvgIpc) is 3.06. The van der Waals surface area contributed by atoms with Gasteiger partial charge in [-0.05, 0) is 22.3 Å². The standard InChI is InChI=1S/C14H10S4/c1-3-9-7-15-17-13(9)11(5-1)12-6-2-4-10-8-16-18-14(10)12/h1-6H,7-8H2. The maximum absolute atomic E-state index is 2.27. The van der Waals surface area contributed by atoms with E-state index in [1.54, 1.807) is 0 Å². The maximum Gasteiger partial charge on any atom is 0.0303 e. The quantitative estimate of drug-likeness (QED) is 0.605. The molecule has 0 amide bonds. The van der Waals surface area contributed by atoms with Crippen LogP contribution in [0, 0.1) is 0 Å². The summed E-state index contributed by atoms with van der Waals surface area (Å²) in [5.41, 5.74) is 5.84. The van der Waals surface area contributed by atoms with Gasteiger partial charge in [-0.3, -0.25) is 0 Å². The maximum atomic E-state index is 2.27. The van der Waals surface area contributed by atoms with E-state index in [2.05, 4.69) is 36.4 Å². The van der Waals surface area contributed by atoms with Crippen molar-refractivity contribution in [2.24, 2.45) is 0 Å². The van der Waals surface area contributed by atoms with Crippen molar-refractivity contribution in [2.45, 2.75) is 21.3 Å². The first-order chi connectivity index (χ1) is 8.93.